The maximum Gasteiger partial charge on any atom is 0.129 e. The average Bonchev–Trinajstić information content (AvgIpc) is 3.45. The lowest BCUT2D eigenvalue weighted by Gasteiger charge is -2.27. The summed E-state index contributed by atoms with van der Waals surface area (Å²) in [7, 11) is 2.26. The van der Waals surface area contributed by atoms with Crippen LogP contribution in [-0.2, 0) is 11.3 Å². The van der Waals surface area contributed by atoms with Crippen LogP contribution in [0.25, 0.3) is 22.2 Å². The summed E-state index contributed by atoms with van der Waals surface area (Å²) in [5, 5.41) is 9.03. The molecular formula is C23H29N5O. The number of benzene rings is 1. The van der Waals surface area contributed by atoms with Crippen molar-refractivity contribution in [1.29, 1.82) is 0 Å². The molecule has 3 heterocycles. The fourth-order valence-corrected chi connectivity index (χ4v) is 4.67. The van der Waals surface area contributed by atoms with Crippen LogP contribution in [-0.4, -0.2) is 59.5 Å². The third kappa shape index (κ3) is 3.87. The second-order valence-corrected chi connectivity index (χ2v) is 8.31. The topological polar surface area (TPSA) is 57.3 Å². The van der Waals surface area contributed by atoms with E-state index in [9.17, 15) is 0 Å². The third-order valence-electron chi connectivity index (χ3n) is 6.36. The molecule has 6 heteroatoms. The molecule has 2 fully saturated rings. The van der Waals surface area contributed by atoms with Crippen LogP contribution in [0.15, 0.2) is 36.5 Å². The third-order valence-corrected chi connectivity index (χ3v) is 6.36. The number of hydrogen-bond acceptors (Lipinski definition) is 5. The lowest BCUT2D eigenvalue weighted by atomic mass is 10.1. The van der Waals surface area contributed by atoms with Crippen molar-refractivity contribution in [3.63, 3.8) is 0 Å². The van der Waals surface area contributed by atoms with Crippen LogP contribution in [0.5, 0.6) is 0 Å². The summed E-state index contributed by atoms with van der Waals surface area (Å²) in [4.78, 5) is 9.37. The van der Waals surface area contributed by atoms with Gasteiger partial charge in [-0.15, -0.1) is 0 Å². The predicted molar refractivity (Wildman–Crippen MR) is 116 cm³/mol. The zero-order valence-corrected chi connectivity index (χ0v) is 17.1. The van der Waals surface area contributed by atoms with E-state index in [1.165, 1.54) is 36.6 Å². The SMILES string of the molecule is CN(Cc1ccc2[nH]nc(-c3ccnc(N4CCOCC4)c3)c2c1)C1CCCC1. The summed E-state index contributed by atoms with van der Waals surface area (Å²) < 4.78 is 5.47. The largest absolute Gasteiger partial charge is 0.378 e. The van der Waals surface area contributed by atoms with Crippen molar-refractivity contribution in [2.45, 2.75) is 38.3 Å². The minimum atomic E-state index is 0.728. The highest BCUT2D eigenvalue weighted by atomic mass is 16.5. The number of H-pyrrole nitrogens is 1. The molecule has 0 unspecified atom stereocenters. The van der Waals surface area contributed by atoms with Crippen molar-refractivity contribution < 1.29 is 4.74 Å². The van der Waals surface area contributed by atoms with Gasteiger partial charge in [0.15, 0.2) is 0 Å². The Labute approximate surface area is 171 Å². The number of morpholine rings is 1. The zero-order chi connectivity index (χ0) is 19.6. The molecule has 6 nitrogen and oxygen atoms in total. The lowest BCUT2D eigenvalue weighted by molar-refractivity contribution is 0.122. The van der Waals surface area contributed by atoms with Crippen molar-refractivity contribution in [3.8, 4) is 11.3 Å². The summed E-state index contributed by atoms with van der Waals surface area (Å²) >= 11 is 0. The molecule has 0 radical (unpaired) electrons. The van der Waals surface area contributed by atoms with E-state index in [0.29, 0.717) is 0 Å². The van der Waals surface area contributed by atoms with E-state index in [1.807, 2.05) is 6.20 Å². The van der Waals surface area contributed by atoms with E-state index < -0.39 is 0 Å². The quantitative estimate of drug-likeness (QED) is 0.716. The minimum Gasteiger partial charge on any atom is -0.378 e. The number of aromatic nitrogens is 3. The van der Waals surface area contributed by atoms with Gasteiger partial charge in [0, 0.05) is 42.8 Å². The van der Waals surface area contributed by atoms with Crippen molar-refractivity contribution >= 4 is 16.7 Å². The van der Waals surface area contributed by atoms with Crippen LogP contribution in [0.2, 0.25) is 0 Å². The van der Waals surface area contributed by atoms with Gasteiger partial charge >= 0.3 is 0 Å². The maximum absolute atomic E-state index is 5.47. The van der Waals surface area contributed by atoms with Crippen LogP contribution >= 0.6 is 0 Å². The van der Waals surface area contributed by atoms with E-state index in [0.717, 1.165) is 61.5 Å². The summed E-state index contributed by atoms with van der Waals surface area (Å²) in [6.07, 6.45) is 7.29. The Balaban J connectivity index is 1.43. The lowest BCUT2D eigenvalue weighted by Crippen LogP contribution is -2.36. The van der Waals surface area contributed by atoms with Crippen LogP contribution in [0, 0.1) is 0 Å². The number of fused-ring (bicyclic) bond motifs is 1. The first-order valence-corrected chi connectivity index (χ1v) is 10.7. The predicted octanol–water partition coefficient (Wildman–Crippen LogP) is 3.84. The van der Waals surface area contributed by atoms with Crippen LogP contribution in [0.1, 0.15) is 31.2 Å². The Morgan fingerprint density at radius 3 is 2.79 bits per heavy atom. The molecule has 1 N–H and O–H groups in total. The highest BCUT2D eigenvalue weighted by Crippen LogP contribution is 2.30. The number of hydrogen-bond donors (Lipinski definition) is 1. The number of ether oxygens (including phenoxy) is 1. The number of nitrogens with zero attached hydrogens (tertiary/aromatic N) is 4. The second kappa shape index (κ2) is 8.13. The summed E-state index contributed by atoms with van der Waals surface area (Å²) in [5.41, 5.74) is 4.53. The molecule has 1 saturated heterocycles. The standard InChI is InChI=1S/C23H29N5O/c1-27(19-4-2-3-5-19)16-17-6-7-21-20(14-17)23(26-25-21)18-8-9-24-22(15-18)28-10-12-29-13-11-28/h6-9,14-15,19H,2-5,10-13,16H2,1H3,(H,25,26). The molecule has 3 aromatic rings. The highest BCUT2D eigenvalue weighted by molar-refractivity contribution is 5.93. The smallest absolute Gasteiger partial charge is 0.129 e. The molecule has 0 amide bonds. The molecule has 152 valence electrons. The van der Waals surface area contributed by atoms with Gasteiger partial charge in [-0.2, -0.15) is 5.10 Å². The van der Waals surface area contributed by atoms with Crippen LogP contribution in [0.4, 0.5) is 5.82 Å². The van der Waals surface area contributed by atoms with Crippen molar-refractivity contribution in [1.82, 2.24) is 20.1 Å². The monoisotopic (exact) mass is 391 g/mol. The van der Waals surface area contributed by atoms with Gasteiger partial charge in [0.2, 0.25) is 0 Å². The van der Waals surface area contributed by atoms with E-state index in [4.69, 9.17) is 4.74 Å². The highest BCUT2D eigenvalue weighted by Gasteiger charge is 2.20. The zero-order valence-electron chi connectivity index (χ0n) is 17.1. The van der Waals surface area contributed by atoms with Crippen molar-refractivity contribution in [3.05, 3.63) is 42.1 Å². The Hall–Kier alpha value is -2.44. The van der Waals surface area contributed by atoms with E-state index in [2.05, 4.69) is 62.4 Å². The first-order valence-electron chi connectivity index (χ1n) is 10.7. The summed E-state index contributed by atoms with van der Waals surface area (Å²) in [6.45, 7) is 4.27. The Kier molecular flexibility index (Phi) is 5.21. The molecule has 1 aromatic carbocycles. The van der Waals surface area contributed by atoms with Gasteiger partial charge in [-0.1, -0.05) is 18.9 Å². The molecule has 1 aliphatic heterocycles. The number of rotatable bonds is 5. The number of anilines is 1. The van der Waals surface area contributed by atoms with Gasteiger partial charge in [0.25, 0.3) is 0 Å². The maximum atomic E-state index is 5.47. The van der Waals surface area contributed by atoms with E-state index in [1.54, 1.807) is 0 Å². The number of nitrogens with one attached hydrogen (secondary N) is 1. The van der Waals surface area contributed by atoms with Gasteiger partial charge in [-0.25, -0.2) is 4.98 Å². The first kappa shape index (κ1) is 18.6. The summed E-state index contributed by atoms with van der Waals surface area (Å²) in [5.74, 6) is 0.999. The summed E-state index contributed by atoms with van der Waals surface area (Å²) in [6, 6.07) is 11.6. The van der Waals surface area contributed by atoms with Gasteiger partial charge in [-0.05, 0) is 49.7 Å². The van der Waals surface area contributed by atoms with Crippen molar-refractivity contribution in [2.75, 3.05) is 38.3 Å². The number of aromatic amines is 1. The molecule has 2 aliphatic rings. The molecule has 1 saturated carbocycles. The normalized spacial score (nSPS) is 18.2. The van der Waals surface area contributed by atoms with E-state index >= 15 is 0 Å². The molecule has 0 atom stereocenters. The van der Waals surface area contributed by atoms with Gasteiger partial charge in [0.1, 0.15) is 11.5 Å². The molecule has 29 heavy (non-hydrogen) atoms. The Bertz CT molecular complexity index is 972. The fourth-order valence-electron chi connectivity index (χ4n) is 4.67. The molecule has 1 aliphatic carbocycles. The van der Waals surface area contributed by atoms with Gasteiger partial charge in [0.05, 0.1) is 18.7 Å². The van der Waals surface area contributed by atoms with Crippen LogP contribution in [0.3, 0.4) is 0 Å². The molecule has 5 rings (SSSR count). The molecular weight excluding hydrogens is 362 g/mol. The molecule has 2 aromatic heterocycles. The average molecular weight is 392 g/mol. The van der Waals surface area contributed by atoms with Gasteiger partial charge in [-0.3, -0.25) is 10.00 Å². The second-order valence-electron chi connectivity index (χ2n) is 8.31. The van der Waals surface area contributed by atoms with E-state index in [-0.39, 0.29) is 0 Å². The molecule has 0 spiro atoms. The first-order chi connectivity index (χ1) is 14.3. The van der Waals surface area contributed by atoms with Gasteiger partial charge < -0.3 is 9.64 Å². The molecule has 0 bridgehead atoms. The Morgan fingerprint density at radius 2 is 1.97 bits per heavy atom. The number of pyridine rings is 1. The fraction of sp³-hybridized carbons (Fsp3) is 0.478. The van der Waals surface area contributed by atoms with Crippen LogP contribution < -0.4 is 4.90 Å². The Morgan fingerprint density at radius 1 is 1.14 bits per heavy atom. The van der Waals surface area contributed by atoms with Crippen molar-refractivity contribution in [2.24, 2.45) is 0 Å². The minimum absolute atomic E-state index is 0.728.